The van der Waals surface area contributed by atoms with Crippen molar-refractivity contribution in [2.24, 2.45) is 18.9 Å². The van der Waals surface area contributed by atoms with E-state index in [1.807, 2.05) is 24.0 Å². The summed E-state index contributed by atoms with van der Waals surface area (Å²) in [6.07, 6.45) is 6.78. The fourth-order valence-electron chi connectivity index (χ4n) is 3.45. The Morgan fingerprint density at radius 1 is 1.41 bits per heavy atom. The van der Waals surface area contributed by atoms with Crippen molar-refractivity contribution in [2.75, 3.05) is 0 Å². The van der Waals surface area contributed by atoms with Gasteiger partial charge in [0, 0.05) is 18.9 Å². The zero-order valence-corrected chi connectivity index (χ0v) is 11.2. The lowest BCUT2D eigenvalue weighted by Crippen LogP contribution is -2.38. The van der Waals surface area contributed by atoms with Crippen molar-refractivity contribution in [3.8, 4) is 0 Å². The van der Waals surface area contributed by atoms with Crippen LogP contribution in [0.3, 0.4) is 0 Å². The Labute approximate surface area is 104 Å². The van der Waals surface area contributed by atoms with Crippen molar-refractivity contribution in [3.63, 3.8) is 0 Å². The minimum Gasteiger partial charge on any atom is -0.390 e. The monoisotopic (exact) mass is 236 g/mol. The predicted octanol–water partition coefficient (Wildman–Crippen LogP) is 2.54. The highest BCUT2D eigenvalue weighted by Crippen LogP contribution is 2.38. The molecule has 3 nitrogen and oxygen atoms in total. The van der Waals surface area contributed by atoms with Crippen LogP contribution in [0.15, 0.2) is 12.3 Å². The van der Waals surface area contributed by atoms with Gasteiger partial charge in [0.2, 0.25) is 0 Å². The van der Waals surface area contributed by atoms with E-state index in [9.17, 15) is 5.11 Å². The number of hydrogen-bond donors (Lipinski definition) is 1. The van der Waals surface area contributed by atoms with Crippen LogP contribution in [0.25, 0.3) is 0 Å². The molecule has 0 saturated heterocycles. The van der Waals surface area contributed by atoms with Gasteiger partial charge in [0.15, 0.2) is 0 Å². The van der Waals surface area contributed by atoms with Gasteiger partial charge in [-0.2, -0.15) is 5.10 Å². The number of aromatic nitrogens is 2. The summed E-state index contributed by atoms with van der Waals surface area (Å²) < 4.78 is 1.90. The van der Waals surface area contributed by atoms with E-state index in [-0.39, 0.29) is 0 Å². The van der Waals surface area contributed by atoms with Crippen LogP contribution in [0.2, 0.25) is 0 Å². The number of rotatable bonds is 3. The van der Waals surface area contributed by atoms with E-state index < -0.39 is 5.60 Å². The Kier molecular flexibility index (Phi) is 3.57. The summed E-state index contributed by atoms with van der Waals surface area (Å²) in [5.74, 6) is 1.30. The quantitative estimate of drug-likeness (QED) is 0.875. The standard InChI is InChI=1S/C14H24N2O/c1-11-8-12(2)10-14(17,9-11)6-4-13-5-7-15-16(13)3/h5,7,11-12,17H,4,6,8-10H2,1-3H3. The van der Waals surface area contributed by atoms with Crippen molar-refractivity contribution in [1.29, 1.82) is 0 Å². The molecule has 1 aromatic rings. The molecule has 0 amide bonds. The van der Waals surface area contributed by atoms with Crippen molar-refractivity contribution in [1.82, 2.24) is 9.78 Å². The Morgan fingerprint density at radius 3 is 2.59 bits per heavy atom. The zero-order valence-electron chi connectivity index (χ0n) is 11.2. The maximum absolute atomic E-state index is 10.7. The topological polar surface area (TPSA) is 38.1 Å². The highest BCUT2D eigenvalue weighted by Gasteiger charge is 2.35. The molecule has 1 aromatic heterocycles. The third-order valence-electron chi connectivity index (χ3n) is 4.03. The highest BCUT2D eigenvalue weighted by atomic mass is 16.3. The molecule has 1 aliphatic rings. The second kappa shape index (κ2) is 4.81. The largest absolute Gasteiger partial charge is 0.390 e. The van der Waals surface area contributed by atoms with Gasteiger partial charge in [-0.15, -0.1) is 0 Å². The van der Waals surface area contributed by atoms with E-state index in [4.69, 9.17) is 0 Å². The molecule has 2 unspecified atom stereocenters. The summed E-state index contributed by atoms with van der Waals surface area (Å²) in [6.45, 7) is 4.51. The van der Waals surface area contributed by atoms with E-state index in [2.05, 4.69) is 18.9 Å². The van der Waals surface area contributed by atoms with Crippen LogP contribution in [0.1, 0.15) is 45.2 Å². The first-order valence-electron chi connectivity index (χ1n) is 6.68. The third kappa shape index (κ3) is 3.09. The van der Waals surface area contributed by atoms with Crippen molar-refractivity contribution in [3.05, 3.63) is 18.0 Å². The zero-order chi connectivity index (χ0) is 12.5. The molecular weight excluding hydrogens is 212 g/mol. The minimum absolute atomic E-state index is 0.457. The first kappa shape index (κ1) is 12.6. The summed E-state index contributed by atoms with van der Waals surface area (Å²) in [7, 11) is 1.96. The van der Waals surface area contributed by atoms with Crippen LogP contribution in [0.4, 0.5) is 0 Å². The average Bonchev–Trinajstić information content (AvgIpc) is 2.59. The fourth-order valence-corrected chi connectivity index (χ4v) is 3.45. The summed E-state index contributed by atoms with van der Waals surface area (Å²) in [4.78, 5) is 0. The molecule has 1 N–H and O–H groups in total. The highest BCUT2D eigenvalue weighted by molar-refractivity contribution is 5.02. The van der Waals surface area contributed by atoms with Gasteiger partial charge in [-0.3, -0.25) is 4.68 Å². The molecule has 2 rings (SSSR count). The number of hydrogen-bond acceptors (Lipinski definition) is 2. The molecule has 0 spiro atoms. The third-order valence-corrected chi connectivity index (χ3v) is 4.03. The van der Waals surface area contributed by atoms with Gasteiger partial charge >= 0.3 is 0 Å². The van der Waals surface area contributed by atoms with E-state index in [1.165, 1.54) is 12.1 Å². The number of nitrogens with zero attached hydrogens (tertiary/aromatic N) is 2. The minimum atomic E-state index is -0.457. The summed E-state index contributed by atoms with van der Waals surface area (Å²) >= 11 is 0. The molecule has 0 aliphatic heterocycles. The number of aryl methyl sites for hydroxylation is 2. The van der Waals surface area contributed by atoms with Gasteiger partial charge in [-0.1, -0.05) is 13.8 Å². The molecule has 2 atom stereocenters. The first-order valence-corrected chi connectivity index (χ1v) is 6.68. The Bertz CT molecular complexity index is 362. The lowest BCUT2D eigenvalue weighted by Gasteiger charge is -2.39. The van der Waals surface area contributed by atoms with E-state index in [0.29, 0.717) is 11.8 Å². The average molecular weight is 236 g/mol. The predicted molar refractivity (Wildman–Crippen MR) is 68.7 cm³/mol. The molecule has 1 heterocycles. The van der Waals surface area contributed by atoms with E-state index in [1.54, 1.807) is 0 Å². The summed E-state index contributed by atoms with van der Waals surface area (Å²) in [5.41, 5.74) is 0.755. The Hall–Kier alpha value is -0.830. The summed E-state index contributed by atoms with van der Waals surface area (Å²) in [6, 6.07) is 2.04. The second-order valence-corrected chi connectivity index (χ2v) is 6.02. The van der Waals surface area contributed by atoms with Gasteiger partial charge in [-0.25, -0.2) is 0 Å². The molecular formula is C14H24N2O. The van der Waals surface area contributed by atoms with Crippen LogP contribution in [-0.2, 0) is 13.5 Å². The SMILES string of the molecule is CC1CC(C)CC(O)(CCc2ccnn2C)C1. The molecule has 1 saturated carbocycles. The molecule has 1 aliphatic carbocycles. The molecule has 3 heteroatoms. The van der Waals surface area contributed by atoms with Gasteiger partial charge in [0.1, 0.15) is 0 Å². The van der Waals surface area contributed by atoms with E-state index >= 15 is 0 Å². The molecule has 0 radical (unpaired) electrons. The molecule has 96 valence electrons. The lowest BCUT2D eigenvalue weighted by atomic mass is 9.72. The van der Waals surface area contributed by atoms with Crippen molar-refractivity contribution < 1.29 is 5.11 Å². The van der Waals surface area contributed by atoms with Crippen molar-refractivity contribution >= 4 is 0 Å². The van der Waals surface area contributed by atoms with Crippen LogP contribution in [0.5, 0.6) is 0 Å². The van der Waals surface area contributed by atoms with E-state index in [0.717, 1.165) is 25.7 Å². The summed E-state index contributed by atoms with van der Waals surface area (Å²) in [5, 5.41) is 14.8. The van der Waals surface area contributed by atoms with Gasteiger partial charge in [0.25, 0.3) is 0 Å². The van der Waals surface area contributed by atoms with Crippen LogP contribution in [0, 0.1) is 11.8 Å². The normalized spacial score (nSPS) is 33.9. The van der Waals surface area contributed by atoms with Crippen LogP contribution < -0.4 is 0 Å². The molecule has 0 bridgehead atoms. The number of aliphatic hydroxyl groups is 1. The molecule has 0 aromatic carbocycles. The smallest absolute Gasteiger partial charge is 0.0656 e. The maximum atomic E-state index is 10.7. The lowest BCUT2D eigenvalue weighted by molar-refractivity contribution is -0.0375. The molecule has 17 heavy (non-hydrogen) atoms. The van der Waals surface area contributed by atoms with Crippen LogP contribution >= 0.6 is 0 Å². The Morgan fingerprint density at radius 2 is 2.06 bits per heavy atom. The van der Waals surface area contributed by atoms with Gasteiger partial charge in [-0.05, 0) is 50.0 Å². The second-order valence-electron chi connectivity index (χ2n) is 6.02. The van der Waals surface area contributed by atoms with Gasteiger partial charge < -0.3 is 5.11 Å². The molecule has 1 fully saturated rings. The Balaban J connectivity index is 1.95. The van der Waals surface area contributed by atoms with Gasteiger partial charge in [0.05, 0.1) is 5.60 Å². The fraction of sp³-hybridized carbons (Fsp3) is 0.786. The van der Waals surface area contributed by atoms with Crippen molar-refractivity contribution in [2.45, 2.75) is 51.6 Å². The maximum Gasteiger partial charge on any atom is 0.0656 e. The first-order chi connectivity index (χ1) is 7.98. The van der Waals surface area contributed by atoms with Crippen LogP contribution in [-0.4, -0.2) is 20.5 Å².